The molecule has 0 spiro atoms. The lowest BCUT2D eigenvalue weighted by atomic mass is 10.0. The average Bonchev–Trinajstić information content (AvgIpc) is 2.80. The fourth-order valence-corrected chi connectivity index (χ4v) is 6.46. The van der Waals surface area contributed by atoms with Crippen LogP contribution >= 0.6 is 11.8 Å². The predicted molar refractivity (Wildman–Crippen MR) is 146 cm³/mol. The van der Waals surface area contributed by atoms with Gasteiger partial charge in [0.15, 0.2) is 0 Å². The molecule has 3 heteroatoms. The highest BCUT2D eigenvalue weighted by Crippen LogP contribution is 2.27. The number of unbranched alkanes of at least 4 members (excludes halogenated alkanes) is 18. The van der Waals surface area contributed by atoms with E-state index in [4.69, 9.17) is 0 Å². The van der Waals surface area contributed by atoms with Crippen molar-refractivity contribution in [2.45, 2.75) is 167 Å². The van der Waals surface area contributed by atoms with Crippen LogP contribution in [0.5, 0.6) is 0 Å². The zero-order valence-corrected chi connectivity index (χ0v) is 23.0. The second kappa shape index (κ2) is 21.4. The Morgan fingerprint density at radius 1 is 0.688 bits per heavy atom. The van der Waals surface area contributed by atoms with Crippen LogP contribution in [-0.4, -0.2) is 34.4 Å². The van der Waals surface area contributed by atoms with E-state index in [1.807, 2.05) is 11.8 Å². The maximum atomic E-state index is 12.6. The van der Waals surface area contributed by atoms with Crippen molar-refractivity contribution in [2.75, 3.05) is 12.3 Å². The van der Waals surface area contributed by atoms with Crippen molar-refractivity contribution in [3.63, 3.8) is 0 Å². The Hall–Kier alpha value is -0.180. The predicted octanol–water partition coefficient (Wildman–Crippen LogP) is 9.55. The Morgan fingerprint density at radius 2 is 1.09 bits per heavy atom. The van der Waals surface area contributed by atoms with Crippen LogP contribution < -0.4 is 0 Å². The normalized spacial score (nSPS) is 18.9. The smallest absolute Gasteiger partial charge is 0.222 e. The zero-order chi connectivity index (χ0) is 23.3. The summed E-state index contributed by atoms with van der Waals surface area (Å²) in [6, 6.07) is 0.460. The number of hydrogen-bond donors (Lipinski definition) is 0. The lowest BCUT2D eigenvalue weighted by Crippen LogP contribution is -2.49. The van der Waals surface area contributed by atoms with Gasteiger partial charge in [0, 0.05) is 30.0 Å². The molecule has 0 N–H and O–H groups in total. The maximum absolute atomic E-state index is 12.6. The fraction of sp³-hybridized carbons (Fsp3) is 0.966. The summed E-state index contributed by atoms with van der Waals surface area (Å²) in [5.74, 6) is 1.53. The summed E-state index contributed by atoms with van der Waals surface area (Å²) >= 11 is 2.03. The van der Waals surface area contributed by atoms with Gasteiger partial charge in [-0.15, -0.1) is 0 Å². The van der Waals surface area contributed by atoms with Crippen LogP contribution in [0.2, 0.25) is 0 Å². The first-order chi connectivity index (χ1) is 15.7. The number of rotatable bonds is 21. The van der Waals surface area contributed by atoms with Crippen molar-refractivity contribution in [3.8, 4) is 0 Å². The minimum Gasteiger partial charge on any atom is -0.338 e. The molecule has 1 amide bonds. The van der Waals surface area contributed by atoms with Gasteiger partial charge in [-0.1, -0.05) is 136 Å². The largest absolute Gasteiger partial charge is 0.338 e. The molecule has 1 heterocycles. The molecule has 0 aromatic rings. The van der Waals surface area contributed by atoms with Gasteiger partial charge in [-0.25, -0.2) is 0 Å². The highest BCUT2D eigenvalue weighted by Gasteiger charge is 2.30. The summed E-state index contributed by atoms with van der Waals surface area (Å²) < 4.78 is 0. The first kappa shape index (κ1) is 29.9. The molecule has 0 bridgehead atoms. The van der Waals surface area contributed by atoms with Gasteiger partial charge in [-0.05, 0) is 12.8 Å². The molecule has 1 fully saturated rings. The van der Waals surface area contributed by atoms with Crippen LogP contribution in [0.15, 0.2) is 0 Å². The van der Waals surface area contributed by atoms with Crippen LogP contribution in [0.1, 0.15) is 156 Å². The zero-order valence-electron chi connectivity index (χ0n) is 22.2. The fourth-order valence-electron chi connectivity index (χ4n) is 5.23. The van der Waals surface area contributed by atoms with E-state index in [1.54, 1.807) is 0 Å². The molecule has 2 nitrogen and oxygen atoms in total. The van der Waals surface area contributed by atoms with E-state index in [9.17, 15) is 4.79 Å². The summed E-state index contributed by atoms with van der Waals surface area (Å²) in [4.78, 5) is 14.8. The topological polar surface area (TPSA) is 20.3 Å². The van der Waals surface area contributed by atoms with E-state index in [0.29, 0.717) is 17.2 Å². The van der Waals surface area contributed by atoms with E-state index >= 15 is 0 Å². The quantitative estimate of drug-likeness (QED) is 0.157. The Morgan fingerprint density at radius 3 is 1.50 bits per heavy atom. The van der Waals surface area contributed by atoms with E-state index in [2.05, 4.69) is 25.7 Å². The highest BCUT2D eigenvalue weighted by atomic mass is 32.2. The standard InChI is InChI=1S/C29H57NOS/c1-4-6-7-8-9-10-11-12-13-14-15-16-17-18-19-20-21-22-23-24-29(31)30-25-26-32-27(3)28(30)5-2/h27-28H,4-26H2,1-3H3. The van der Waals surface area contributed by atoms with E-state index < -0.39 is 0 Å². The first-order valence-electron chi connectivity index (χ1n) is 14.6. The lowest BCUT2D eigenvalue weighted by molar-refractivity contribution is -0.133. The molecule has 190 valence electrons. The minimum absolute atomic E-state index is 0.413. The molecule has 1 rings (SSSR count). The van der Waals surface area contributed by atoms with E-state index in [1.165, 1.54) is 116 Å². The summed E-state index contributed by atoms with van der Waals surface area (Å²) in [7, 11) is 0. The summed E-state index contributed by atoms with van der Waals surface area (Å²) in [5.41, 5.74) is 0. The molecular formula is C29H57NOS. The number of thioether (sulfide) groups is 1. The van der Waals surface area contributed by atoms with Crippen molar-refractivity contribution in [3.05, 3.63) is 0 Å². The van der Waals surface area contributed by atoms with Gasteiger partial charge in [0.2, 0.25) is 5.91 Å². The van der Waals surface area contributed by atoms with Gasteiger partial charge in [0.05, 0.1) is 0 Å². The molecule has 1 aliphatic heterocycles. The third-order valence-electron chi connectivity index (χ3n) is 7.39. The molecule has 1 saturated heterocycles. The van der Waals surface area contributed by atoms with Crippen LogP contribution in [-0.2, 0) is 4.79 Å². The average molecular weight is 468 g/mol. The second-order valence-corrected chi connectivity index (χ2v) is 11.7. The molecule has 0 saturated carbocycles. The molecule has 32 heavy (non-hydrogen) atoms. The number of hydrogen-bond acceptors (Lipinski definition) is 2. The van der Waals surface area contributed by atoms with Crippen molar-refractivity contribution >= 4 is 17.7 Å². The minimum atomic E-state index is 0.413. The molecular weight excluding hydrogens is 410 g/mol. The third-order valence-corrected chi connectivity index (χ3v) is 8.65. The molecule has 2 unspecified atom stereocenters. The number of amides is 1. The maximum Gasteiger partial charge on any atom is 0.222 e. The van der Waals surface area contributed by atoms with Gasteiger partial charge in [-0.3, -0.25) is 4.79 Å². The van der Waals surface area contributed by atoms with Gasteiger partial charge < -0.3 is 4.90 Å². The van der Waals surface area contributed by atoms with Crippen molar-refractivity contribution in [1.82, 2.24) is 4.90 Å². The SMILES string of the molecule is CCCCCCCCCCCCCCCCCCCCCC(=O)N1CCSC(C)C1CC. The van der Waals surface area contributed by atoms with E-state index in [-0.39, 0.29) is 0 Å². The lowest BCUT2D eigenvalue weighted by Gasteiger charge is -2.39. The van der Waals surface area contributed by atoms with Gasteiger partial charge in [-0.2, -0.15) is 11.8 Å². The molecule has 0 aromatic carbocycles. The monoisotopic (exact) mass is 467 g/mol. The number of carbonyl (C=O) groups is 1. The molecule has 0 aliphatic carbocycles. The molecule has 0 radical (unpaired) electrons. The van der Waals surface area contributed by atoms with Crippen LogP contribution in [0, 0.1) is 0 Å². The molecule has 2 atom stereocenters. The highest BCUT2D eigenvalue weighted by molar-refractivity contribution is 8.00. The summed E-state index contributed by atoms with van der Waals surface area (Å²) in [6.07, 6.45) is 28.5. The van der Waals surface area contributed by atoms with Crippen LogP contribution in [0.3, 0.4) is 0 Å². The van der Waals surface area contributed by atoms with Crippen molar-refractivity contribution in [1.29, 1.82) is 0 Å². The Bertz CT molecular complexity index is 427. The van der Waals surface area contributed by atoms with Gasteiger partial charge in [0.25, 0.3) is 0 Å². The Balaban J connectivity index is 1.80. The third kappa shape index (κ3) is 14.9. The first-order valence-corrected chi connectivity index (χ1v) is 15.7. The van der Waals surface area contributed by atoms with E-state index in [0.717, 1.165) is 31.6 Å². The van der Waals surface area contributed by atoms with Crippen LogP contribution in [0.25, 0.3) is 0 Å². The second-order valence-electron chi connectivity index (χ2n) is 10.3. The van der Waals surface area contributed by atoms with Crippen LogP contribution in [0.4, 0.5) is 0 Å². The van der Waals surface area contributed by atoms with Gasteiger partial charge >= 0.3 is 0 Å². The number of nitrogens with zero attached hydrogens (tertiary/aromatic N) is 1. The number of carbonyl (C=O) groups excluding carboxylic acids is 1. The van der Waals surface area contributed by atoms with Crippen molar-refractivity contribution < 1.29 is 4.79 Å². The Kier molecular flexibility index (Phi) is 19.9. The molecule has 1 aliphatic rings. The summed E-state index contributed by atoms with van der Waals surface area (Å²) in [5, 5.41) is 0.600. The Labute approximate surface area is 206 Å². The summed E-state index contributed by atoms with van der Waals surface area (Å²) in [6.45, 7) is 7.77. The molecule has 0 aromatic heterocycles. The van der Waals surface area contributed by atoms with Gasteiger partial charge in [0.1, 0.15) is 0 Å². The van der Waals surface area contributed by atoms with Crippen molar-refractivity contribution in [2.24, 2.45) is 0 Å².